The molecule has 2 aromatic rings. The van der Waals surface area contributed by atoms with Gasteiger partial charge in [0.25, 0.3) is 5.91 Å². The van der Waals surface area contributed by atoms with Gasteiger partial charge in [-0.2, -0.15) is 0 Å². The third-order valence-corrected chi connectivity index (χ3v) is 3.37. The van der Waals surface area contributed by atoms with E-state index < -0.39 is 0 Å². The average molecular weight is 336 g/mol. The molecule has 3 N–H and O–H groups in total. The van der Waals surface area contributed by atoms with E-state index in [1.54, 1.807) is 36.5 Å². The zero-order valence-corrected chi connectivity index (χ0v) is 12.5. The normalized spacial score (nSPS) is 10.1. The summed E-state index contributed by atoms with van der Waals surface area (Å²) in [4.78, 5) is 15.8. The van der Waals surface area contributed by atoms with Gasteiger partial charge in [-0.25, -0.2) is 4.98 Å². The van der Waals surface area contributed by atoms with Crippen LogP contribution in [0.4, 0.5) is 11.5 Å². The van der Waals surface area contributed by atoms with Crippen molar-refractivity contribution >= 4 is 33.3 Å². The second-order valence-electron chi connectivity index (χ2n) is 4.23. The van der Waals surface area contributed by atoms with Gasteiger partial charge in [-0.05, 0) is 46.6 Å². The molecule has 0 spiro atoms. The van der Waals surface area contributed by atoms with Crippen LogP contribution in [0.15, 0.2) is 41.0 Å². The molecule has 1 aromatic carbocycles. The molecule has 0 radical (unpaired) electrons. The molecule has 1 heterocycles. The Balaban J connectivity index is 1.91. The molecule has 2 rings (SSSR count). The highest BCUT2D eigenvalue weighted by atomic mass is 79.9. The minimum atomic E-state index is -0.276. The molecular formula is C14H14BrN3O2. The lowest BCUT2D eigenvalue weighted by Gasteiger charge is -2.08. The fraction of sp³-hybridized carbons (Fsp3) is 0.143. The molecule has 1 amide bonds. The number of rotatable bonds is 4. The maximum Gasteiger partial charge on any atom is 0.263 e. The van der Waals surface area contributed by atoms with E-state index in [0.29, 0.717) is 17.3 Å². The number of nitrogens with two attached hydrogens (primary N) is 1. The van der Waals surface area contributed by atoms with E-state index in [1.165, 1.54) is 0 Å². The lowest BCUT2D eigenvalue weighted by atomic mass is 10.3. The molecule has 6 heteroatoms. The van der Waals surface area contributed by atoms with Crippen molar-refractivity contribution in [3.8, 4) is 5.75 Å². The van der Waals surface area contributed by atoms with Gasteiger partial charge in [0.05, 0.1) is 0 Å². The molecule has 0 aliphatic carbocycles. The second kappa shape index (κ2) is 6.38. The van der Waals surface area contributed by atoms with E-state index >= 15 is 0 Å². The molecule has 104 valence electrons. The van der Waals surface area contributed by atoms with Crippen LogP contribution >= 0.6 is 15.9 Å². The van der Waals surface area contributed by atoms with Crippen molar-refractivity contribution in [1.29, 1.82) is 0 Å². The predicted molar refractivity (Wildman–Crippen MR) is 81.7 cm³/mol. The van der Waals surface area contributed by atoms with Crippen molar-refractivity contribution in [2.75, 3.05) is 17.7 Å². The molecule has 0 saturated carbocycles. The SMILES string of the molecule is Cc1cc(NC(=O)COc2cccc(N)c2)ncc1Br. The van der Waals surface area contributed by atoms with Crippen molar-refractivity contribution in [3.05, 3.63) is 46.6 Å². The van der Waals surface area contributed by atoms with E-state index in [9.17, 15) is 4.79 Å². The number of ether oxygens (including phenoxy) is 1. The first kappa shape index (κ1) is 14.3. The van der Waals surface area contributed by atoms with Crippen LogP contribution in [0.2, 0.25) is 0 Å². The van der Waals surface area contributed by atoms with Crippen LogP contribution in [0, 0.1) is 6.92 Å². The number of nitrogens with one attached hydrogen (secondary N) is 1. The van der Waals surface area contributed by atoms with Crippen LogP contribution in [-0.4, -0.2) is 17.5 Å². The van der Waals surface area contributed by atoms with Gasteiger partial charge in [-0.15, -0.1) is 0 Å². The first-order valence-electron chi connectivity index (χ1n) is 5.95. The summed E-state index contributed by atoms with van der Waals surface area (Å²) in [5.41, 5.74) is 7.21. The number of carbonyl (C=O) groups excluding carboxylic acids is 1. The van der Waals surface area contributed by atoms with Gasteiger partial charge in [-0.3, -0.25) is 4.79 Å². The van der Waals surface area contributed by atoms with Gasteiger partial charge >= 0.3 is 0 Å². The quantitative estimate of drug-likeness (QED) is 0.842. The van der Waals surface area contributed by atoms with Gasteiger partial charge in [0, 0.05) is 22.4 Å². The maximum absolute atomic E-state index is 11.7. The minimum absolute atomic E-state index is 0.0970. The number of anilines is 2. The van der Waals surface area contributed by atoms with Gasteiger partial charge in [-0.1, -0.05) is 6.07 Å². The van der Waals surface area contributed by atoms with Crippen molar-refractivity contribution in [1.82, 2.24) is 4.98 Å². The molecule has 1 aromatic heterocycles. The van der Waals surface area contributed by atoms with Crippen molar-refractivity contribution < 1.29 is 9.53 Å². The van der Waals surface area contributed by atoms with Gasteiger partial charge in [0.2, 0.25) is 0 Å². The molecular weight excluding hydrogens is 322 g/mol. The van der Waals surface area contributed by atoms with Crippen LogP contribution in [0.25, 0.3) is 0 Å². The zero-order valence-electron chi connectivity index (χ0n) is 10.9. The Morgan fingerprint density at radius 3 is 2.95 bits per heavy atom. The summed E-state index contributed by atoms with van der Waals surface area (Å²) in [5.74, 6) is 0.772. The van der Waals surface area contributed by atoms with Crippen LogP contribution in [0.3, 0.4) is 0 Å². The van der Waals surface area contributed by atoms with E-state index in [2.05, 4.69) is 26.2 Å². The van der Waals surface area contributed by atoms with Gasteiger partial charge in [0.1, 0.15) is 11.6 Å². The highest BCUT2D eigenvalue weighted by Crippen LogP contribution is 2.17. The van der Waals surface area contributed by atoms with Crippen molar-refractivity contribution in [2.45, 2.75) is 6.92 Å². The third-order valence-electron chi connectivity index (χ3n) is 2.54. The topological polar surface area (TPSA) is 77.2 Å². The molecule has 0 aliphatic heterocycles. The van der Waals surface area contributed by atoms with E-state index in [1.807, 2.05) is 6.92 Å². The molecule has 0 fully saturated rings. The first-order valence-corrected chi connectivity index (χ1v) is 6.74. The van der Waals surface area contributed by atoms with Gasteiger partial charge < -0.3 is 15.8 Å². The van der Waals surface area contributed by atoms with E-state index in [0.717, 1.165) is 10.0 Å². The lowest BCUT2D eigenvalue weighted by Crippen LogP contribution is -2.20. The molecule has 0 unspecified atom stereocenters. The summed E-state index contributed by atoms with van der Waals surface area (Å²) in [6, 6.07) is 8.70. The number of nitrogens with zero attached hydrogens (tertiary/aromatic N) is 1. The Bertz CT molecular complexity index is 632. The molecule has 0 atom stereocenters. The molecule has 20 heavy (non-hydrogen) atoms. The van der Waals surface area contributed by atoms with E-state index in [4.69, 9.17) is 10.5 Å². The Morgan fingerprint density at radius 1 is 1.45 bits per heavy atom. The Morgan fingerprint density at radius 2 is 2.25 bits per heavy atom. The monoisotopic (exact) mass is 335 g/mol. The third kappa shape index (κ3) is 3.96. The minimum Gasteiger partial charge on any atom is -0.484 e. The molecule has 0 saturated heterocycles. The van der Waals surface area contributed by atoms with Crippen molar-refractivity contribution in [3.63, 3.8) is 0 Å². The second-order valence-corrected chi connectivity index (χ2v) is 5.08. The number of aromatic nitrogens is 1. The number of halogens is 1. The molecule has 0 aliphatic rings. The summed E-state index contributed by atoms with van der Waals surface area (Å²) >= 11 is 3.35. The van der Waals surface area contributed by atoms with Crippen LogP contribution in [0.5, 0.6) is 5.75 Å². The zero-order chi connectivity index (χ0) is 14.5. The van der Waals surface area contributed by atoms with Crippen LogP contribution in [-0.2, 0) is 4.79 Å². The largest absolute Gasteiger partial charge is 0.484 e. The predicted octanol–water partition coefficient (Wildman–Crippen LogP) is 2.75. The Kier molecular flexibility index (Phi) is 4.57. The molecule has 0 bridgehead atoms. The van der Waals surface area contributed by atoms with Crippen LogP contribution < -0.4 is 15.8 Å². The number of aryl methyl sites for hydroxylation is 1. The van der Waals surface area contributed by atoms with E-state index in [-0.39, 0.29) is 12.5 Å². The summed E-state index contributed by atoms with van der Waals surface area (Å²) in [6.07, 6.45) is 1.64. The highest BCUT2D eigenvalue weighted by molar-refractivity contribution is 9.10. The van der Waals surface area contributed by atoms with Gasteiger partial charge in [0.15, 0.2) is 6.61 Å². The van der Waals surface area contributed by atoms with Crippen molar-refractivity contribution in [2.24, 2.45) is 0 Å². The average Bonchev–Trinajstić information content (AvgIpc) is 2.41. The number of hydrogen-bond acceptors (Lipinski definition) is 4. The standard InChI is InChI=1S/C14H14BrN3O2/c1-9-5-13(17-7-12(9)15)18-14(19)8-20-11-4-2-3-10(16)6-11/h2-7H,8,16H2,1H3,(H,17,18,19). The summed E-state index contributed by atoms with van der Waals surface area (Å²) in [5, 5.41) is 2.67. The highest BCUT2D eigenvalue weighted by Gasteiger charge is 2.06. The summed E-state index contributed by atoms with van der Waals surface area (Å²) in [6.45, 7) is 1.82. The number of carbonyl (C=O) groups is 1. The number of hydrogen-bond donors (Lipinski definition) is 2. The number of benzene rings is 1. The first-order chi connectivity index (χ1) is 9.54. The Hall–Kier alpha value is -2.08. The smallest absolute Gasteiger partial charge is 0.263 e. The number of amides is 1. The number of pyridine rings is 1. The summed E-state index contributed by atoms with van der Waals surface area (Å²) < 4.78 is 6.24. The molecule has 5 nitrogen and oxygen atoms in total. The van der Waals surface area contributed by atoms with Crippen LogP contribution in [0.1, 0.15) is 5.56 Å². The number of nitrogen functional groups attached to an aromatic ring is 1. The lowest BCUT2D eigenvalue weighted by molar-refractivity contribution is -0.118. The fourth-order valence-electron chi connectivity index (χ4n) is 1.54. The Labute approximate surface area is 125 Å². The maximum atomic E-state index is 11.7. The fourth-order valence-corrected chi connectivity index (χ4v) is 1.76. The summed E-state index contributed by atoms with van der Waals surface area (Å²) in [7, 11) is 0.